The second-order valence-electron chi connectivity index (χ2n) is 6.63. The van der Waals surface area contributed by atoms with Crippen molar-refractivity contribution in [3.05, 3.63) is 29.8 Å². The van der Waals surface area contributed by atoms with Gasteiger partial charge in [0, 0.05) is 19.6 Å². The molecule has 4 nitrogen and oxygen atoms in total. The van der Waals surface area contributed by atoms with Crippen LogP contribution in [-0.2, 0) is 4.74 Å². The van der Waals surface area contributed by atoms with Crippen LogP contribution in [0.3, 0.4) is 0 Å². The standard InChI is InChI=1S/C18H29NO3/c1-13(2)17-7-5-6-8-18(17)21-12-16(20)11-19-9-14(3)22-15(4)10-19/h5-8,13-16,20H,9-12H2,1-4H3/t14-,15-,16-/m0/s1. The Kier molecular flexibility index (Phi) is 6.24. The van der Waals surface area contributed by atoms with E-state index in [1.54, 1.807) is 0 Å². The fraction of sp³-hybridized carbons (Fsp3) is 0.667. The largest absolute Gasteiger partial charge is 0.491 e. The van der Waals surface area contributed by atoms with Crippen LogP contribution in [0.2, 0.25) is 0 Å². The molecule has 0 spiro atoms. The van der Waals surface area contributed by atoms with E-state index in [2.05, 4.69) is 38.7 Å². The van der Waals surface area contributed by atoms with Gasteiger partial charge in [-0.05, 0) is 31.4 Å². The molecule has 0 aromatic heterocycles. The minimum atomic E-state index is -0.488. The van der Waals surface area contributed by atoms with Crippen molar-refractivity contribution in [2.24, 2.45) is 0 Å². The smallest absolute Gasteiger partial charge is 0.122 e. The Labute approximate surface area is 134 Å². The van der Waals surface area contributed by atoms with Gasteiger partial charge in [0.15, 0.2) is 0 Å². The molecular formula is C18H29NO3. The number of aliphatic hydroxyl groups is 1. The molecule has 3 atom stereocenters. The molecule has 1 fully saturated rings. The maximum atomic E-state index is 10.3. The average Bonchev–Trinajstić information content (AvgIpc) is 2.44. The van der Waals surface area contributed by atoms with E-state index in [0.29, 0.717) is 19.1 Å². The molecule has 1 saturated heterocycles. The Morgan fingerprint density at radius 1 is 1.23 bits per heavy atom. The lowest BCUT2D eigenvalue weighted by Crippen LogP contribution is -2.48. The van der Waals surface area contributed by atoms with Gasteiger partial charge in [0.1, 0.15) is 18.5 Å². The van der Waals surface area contributed by atoms with Crippen molar-refractivity contribution in [2.75, 3.05) is 26.2 Å². The van der Waals surface area contributed by atoms with Crippen LogP contribution in [-0.4, -0.2) is 54.6 Å². The highest BCUT2D eigenvalue weighted by Gasteiger charge is 2.24. The fourth-order valence-electron chi connectivity index (χ4n) is 3.06. The lowest BCUT2D eigenvalue weighted by molar-refractivity contribution is -0.0787. The third kappa shape index (κ3) is 4.97. The van der Waals surface area contributed by atoms with Crippen LogP contribution < -0.4 is 4.74 Å². The molecule has 4 heteroatoms. The second kappa shape index (κ2) is 7.95. The van der Waals surface area contributed by atoms with Crippen LogP contribution in [0.25, 0.3) is 0 Å². The van der Waals surface area contributed by atoms with Gasteiger partial charge in [0.2, 0.25) is 0 Å². The van der Waals surface area contributed by atoms with Gasteiger partial charge in [0.25, 0.3) is 0 Å². The number of β-amino-alcohol motifs (C(OH)–C–C–N with tert-alkyl or cyclic N) is 1. The van der Waals surface area contributed by atoms with E-state index in [9.17, 15) is 5.11 Å². The third-order valence-electron chi connectivity index (χ3n) is 3.94. The molecule has 124 valence electrons. The van der Waals surface area contributed by atoms with Gasteiger partial charge in [-0.15, -0.1) is 0 Å². The van der Waals surface area contributed by atoms with Crippen LogP contribution in [0.4, 0.5) is 0 Å². The van der Waals surface area contributed by atoms with Gasteiger partial charge in [-0.25, -0.2) is 0 Å². The molecular weight excluding hydrogens is 278 g/mol. The molecule has 0 saturated carbocycles. The number of nitrogens with zero attached hydrogens (tertiary/aromatic N) is 1. The Morgan fingerprint density at radius 2 is 1.86 bits per heavy atom. The van der Waals surface area contributed by atoms with Crippen molar-refractivity contribution in [1.82, 2.24) is 4.90 Å². The molecule has 0 unspecified atom stereocenters. The van der Waals surface area contributed by atoms with E-state index < -0.39 is 6.10 Å². The number of ether oxygens (including phenoxy) is 2. The predicted octanol–water partition coefficient (Wildman–Crippen LogP) is 2.66. The van der Waals surface area contributed by atoms with Gasteiger partial charge < -0.3 is 14.6 Å². The maximum absolute atomic E-state index is 10.3. The number of rotatable bonds is 6. The highest BCUT2D eigenvalue weighted by molar-refractivity contribution is 5.35. The first-order valence-electron chi connectivity index (χ1n) is 8.23. The van der Waals surface area contributed by atoms with Crippen LogP contribution >= 0.6 is 0 Å². The number of aliphatic hydroxyl groups excluding tert-OH is 1. The van der Waals surface area contributed by atoms with Crippen LogP contribution in [0, 0.1) is 0 Å². The summed E-state index contributed by atoms with van der Waals surface area (Å²) in [6.07, 6.45) is -0.0465. The van der Waals surface area contributed by atoms with Crippen molar-refractivity contribution in [1.29, 1.82) is 0 Å². The first-order valence-corrected chi connectivity index (χ1v) is 8.23. The molecule has 1 N–H and O–H groups in total. The lowest BCUT2D eigenvalue weighted by Gasteiger charge is -2.36. The molecule has 0 bridgehead atoms. The quantitative estimate of drug-likeness (QED) is 0.877. The summed E-state index contributed by atoms with van der Waals surface area (Å²) in [6, 6.07) is 8.05. The molecule has 22 heavy (non-hydrogen) atoms. The second-order valence-corrected chi connectivity index (χ2v) is 6.63. The van der Waals surface area contributed by atoms with Crippen LogP contribution in [0.5, 0.6) is 5.75 Å². The average molecular weight is 307 g/mol. The zero-order chi connectivity index (χ0) is 16.1. The summed E-state index contributed by atoms with van der Waals surface area (Å²) in [7, 11) is 0. The minimum absolute atomic E-state index is 0.221. The molecule has 1 aromatic carbocycles. The molecule has 1 heterocycles. The van der Waals surface area contributed by atoms with Gasteiger partial charge in [-0.1, -0.05) is 32.0 Å². The number of hydrogen-bond donors (Lipinski definition) is 1. The highest BCUT2D eigenvalue weighted by Crippen LogP contribution is 2.25. The topological polar surface area (TPSA) is 41.9 Å². The van der Waals surface area contributed by atoms with E-state index >= 15 is 0 Å². The van der Waals surface area contributed by atoms with Gasteiger partial charge in [-0.3, -0.25) is 4.90 Å². The van der Waals surface area contributed by atoms with E-state index in [0.717, 1.165) is 18.8 Å². The van der Waals surface area contributed by atoms with Crippen molar-refractivity contribution in [3.8, 4) is 5.75 Å². The third-order valence-corrected chi connectivity index (χ3v) is 3.94. The van der Waals surface area contributed by atoms with E-state index in [1.165, 1.54) is 5.56 Å². The normalized spacial score (nSPS) is 24.5. The summed E-state index contributed by atoms with van der Waals surface area (Å²) < 4.78 is 11.6. The molecule has 2 rings (SSSR count). The van der Waals surface area contributed by atoms with E-state index in [1.807, 2.05) is 18.2 Å². The van der Waals surface area contributed by atoms with E-state index in [-0.39, 0.29) is 12.2 Å². The first kappa shape index (κ1) is 17.3. The lowest BCUT2D eigenvalue weighted by atomic mass is 10.0. The van der Waals surface area contributed by atoms with Crippen molar-refractivity contribution >= 4 is 0 Å². The first-order chi connectivity index (χ1) is 10.5. The number of morpholine rings is 1. The molecule has 1 aromatic rings. The molecule has 0 amide bonds. The Balaban J connectivity index is 1.84. The molecule has 1 aliphatic rings. The van der Waals surface area contributed by atoms with Crippen LogP contribution in [0.15, 0.2) is 24.3 Å². The fourth-order valence-corrected chi connectivity index (χ4v) is 3.06. The van der Waals surface area contributed by atoms with Gasteiger partial charge in [0.05, 0.1) is 12.2 Å². The Morgan fingerprint density at radius 3 is 2.50 bits per heavy atom. The summed E-state index contributed by atoms with van der Waals surface area (Å²) in [5.74, 6) is 1.29. The predicted molar refractivity (Wildman–Crippen MR) is 88.5 cm³/mol. The summed E-state index contributed by atoms with van der Waals surface area (Å²) in [6.45, 7) is 11.1. The summed E-state index contributed by atoms with van der Waals surface area (Å²) in [5.41, 5.74) is 1.18. The van der Waals surface area contributed by atoms with Crippen molar-refractivity contribution < 1.29 is 14.6 Å². The monoisotopic (exact) mass is 307 g/mol. The number of para-hydroxylation sites is 1. The maximum Gasteiger partial charge on any atom is 0.122 e. The Bertz CT molecular complexity index is 453. The SMILES string of the molecule is CC(C)c1ccccc1OC[C@@H](O)CN1C[C@H](C)O[C@@H](C)C1. The molecule has 0 aliphatic carbocycles. The summed E-state index contributed by atoms with van der Waals surface area (Å²) in [5, 5.41) is 10.3. The van der Waals surface area contributed by atoms with Crippen molar-refractivity contribution in [3.63, 3.8) is 0 Å². The minimum Gasteiger partial charge on any atom is -0.491 e. The summed E-state index contributed by atoms with van der Waals surface area (Å²) >= 11 is 0. The molecule has 1 aliphatic heterocycles. The van der Waals surface area contributed by atoms with Gasteiger partial charge >= 0.3 is 0 Å². The van der Waals surface area contributed by atoms with Crippen LogP contribution in [0.1, 0.15) is 39.2 Å². The zero-order valence-corrected chi connectivity index (χ0v) is 14.2. The number of hydrogen-bond acceptors (Lipinski definition) is 4. The molecule has 0 radical (unpaired) electrons. The Hall–Kier alpha value is -1.10. The van der Waals surface area contributed by atoms with Gasteiger partial charge in [-0.2, -0.15) is 0 Å². The number of benzene rings is 1. The summed E-state index contributed by atoms with van der Waals surface area (Å²) in [4.78, 5) is 2.25. The van der Waals surface area contributed by atoms with E-state index in [4.69, 9.17) is 9.47 Å². The highest BCUT2D eigenvalue weighted by atomic mass is 16.5. The zero-order valence-electron chi connectivity index (χ0n) is 14.2. The van der Waals surface area contributed by atoms with Crippen molar-refractivity contribution in [2.45, 2.75) is 51.9 Å².